The zero-order valence-electron chi connectivity index (χ0n) is 13.2. The number of carbonyl (C=O) groups is 1. The largest absolute Gasteiger partial charge is 0.351 e. The zero-order chi connectivity index (χ0) is 15.2. The molecule has 1 aliphatic heterocycles. The van der Waals surface area contributed by atoms with Gasteiger partial charge in [-0.15, -0.1) is 0 Å². The highest BCUT2D eigenvalue weighted by Gasteiger charge is 2.18. The normalized spacial score (nSPS) is 16.0. The molecule has 1 amide bonds. The predicted octanol–water partition coefficient (Wildman–Crippen LogP) is 1.07. The zero-order valence-corrected chi connectivity index (χ0v) is 13.2. The first kappa shape index (κ1) is 15.7. The molecule has 6 nitrogen and oxygen atoms in total. The Morgan fingerprint density at radius 3 is 2.67 bits per heavy atom. The predicted molar refractivity (Wildman–Crippen MR) is 83.7 cm³/mol. The number of aromatic nitrogens is 2. The second-order valence-electron chi connectivity index (χ2n) is 5.59. The summed E-state index contributed by atoms with van der Waals surface area (Å²) in [4.78, 5) is 25.5. The van der Waals surface area contributed by atoms with Crippen LogP contribution in [0.2, 0.25) is 0 Å². The molecule has 21 heavy (non-hydrogen) atoms. The lowest BCUT2D eigenvalue weighted by atomic mass is 10.3. The number of anilines is 1. The van der Waals surface area contributed by atoms with Gasteiger partial charge in [-0.25, -0.2) is 9.97 Å². The number of amides is 1. The number of likely N-dealkylation sites (N-methyl/N-ethyl adjacent to an activating group) is 1. The highest BCUT2D eigenvalue weighted by atomic mass is 16.1. The Morgan fingerprint density at radius 2 is 2.00 bits per heavy atom. The van der Waals surface area contributed by atoms with E-state index >= 15 is 0 Å². The number of rotatable bonds is 5. The van der Waals surface area contributed by atoms with Gasteiger partial charge in [-0.2, -0.15) is 0 Å². The van der Waals surface area contributed by atoms with Crippen LogP contribution < -0.4 is 10.2 Å². The van der Waals surface area contributed by atoms with Crippen molar-refractivity contribution in [3.63, 3.8) is 0 Å². The Bertz CT molecular complexity index is 483. The van der Waals surface area contributed by atoms with Crippen molar-refractivity contribution >= 4 is 11.9 Å². The lowest BCUT2D eigenvalue weighted by Crippen LogP contribution is -2.45. The van der Waals surface area contributed by atoms with Gasteiger partial charge < -0.3 is 15.1 Å². The maximum absolute atomic E-state index is 12.1. The van der Waals surface area contributed by atoms with Crippen molar-refractivity contribution in [2.24, 2.45) is 0 Å². The minimum atomic E-state index is -0.107. The SMILES string of the molecule is CCCCNC(=O)c1cc(C)nc(N2CCN(C)CC2)n1. The van der Waals surface area contributed by atoms with Gasteiger partial charge in [0, 0.05) is 38.4 Å². The topological polar surface area (TPSA) is 61.4 Å². The molecule has 0 saturated carbocycles. The molecule has 1 fully saturated rings. The van der Waals surface area contributed by atoms with Crippen LogP contribution >= 0.6 is 0 Å². The van der Waals surface area contributed by atoms with E-state index in [9.17, 15) is 4.79 Å². The molecule has 0 bridgehead atoms. The van der Waals surface area contributed by atoms with E-state index in [2.05, 4.69) is 39.1 Å². The number of nitrogens with one attached hydrogen (secondary N) is 1. The van der Waals surface area contributed by atoms with Crippen molar-refractivity contribution < 1.29 is 4.79 Å². The molecular weight excluding hydrogens is 266 g/mol. The Kier molecular flexibility index (Phi) is 5.50. The van der Waals surface area contributed by atoms with Crippen LogP contribution in [0.1, 0.15) is 35.9 Å². The van der Waals surface area contributed by atoms with Gasteiger partial charge >= 0.3 is 0 Å². The fraction of sp³-hybridized carbons (Fsp3) is 0.667. The summed E-state index contributed by atoms with van der Waals surface area (Å²) in [5.74, 6) is 0.563. The number of hydrogen-bond acceptors (Lipinski definition) is 5. The summed E-state index contributed by atoms with van der Waals surface area (Å²) in [6.45, 7) is 8.50. The van der Waals surface area contributed by atoms with Crippen LogP contribution in [0.15, 0.2) is 6.07 Å². The van der Waals surface area contributed by atoms with Gasteiger partial charge in [-0.1, -0.05) is 13.3 Å². The summed E-state index contributed by atoms with van der Waals surface area (Å²) < 4.78 is 0. The lowest BCUT2D eigenvalue weighted by molar-refractivity contribution is 0.0948. The summed E-state index contributed by atoms with van der Waals surface area (Å²) in [7, 11) is 2.11. The quantitative estimate of drug-likeness (QED) is 0.822. The number of hydrogen-bond donors (Lipinski definition) is 1. The van der Waals surface area contributed by atoms with Crippen molar-refractivity contribution in [1.82, 2.24) is 20.2 Å². The first-order valence-corrected chi connectivity index (χ1v) is 7.67. The molecule has 6 heteroatoms. The van der Waals surface area contributed by atoms with E-state index in [1.54, 1.807) is 6.07 Å². The molecule has 0 spiro atoms. The summed E-state index contributed by atoms with van der Waals surface area (Å²) in [5.41, 5.74) is 1.30. The van der Waals surface area contributed by atoms with Gasteiger partial charge in [0.25, 0.3) is 5.91 Å². The standard InChI is InChI=1S/C15H25N5O/c1-4-5-6-16-14(21)13-11-12(2)17-15(18-13)20-9-7-19(3)8-10-20/h11H,4-10H2,1-3H3,(H,16,21). The fourth-order valence-electron chi connectivity index (χ4n) is 2.29. The first-order valence-electron chi connectivity index (χ1n) is 7.67. The third-order valence-electron chi connectivity index (χ3n) is 3.68. The highest BCUT2D eigenvalue weighted by Crippen LogP contribution is 2.12. The first-order chi connectivity index (χ1) is 10.1. The van der Waals surface area contributed by atoms with E-state index in [1.165, 1.54) is 0 Å². The van der Waals surface area contributed by atoms with Crippen LogP contribution in [-0.4, -0.2) is 60.5 Å². The van der Waals surface area contributed by atoms with Crippen molar-refractivity contribution in [1.29, 1.82) is 0 Å². The van der Waals surface area contributed by atoms with E-state index in [1.807, 2.05) is 6.92 Å². The Labute approximate surface area is 126 Å². The summed E-state index contributed by atoms with van der Waals surface area (Å²) in [6.07, 6.45) is 2.05. The third-order valence-corrected chi connectivity index (χ3v) is 3.68. The van der Waals surface area contributed by atoms with Crippen molar-refractivity contribution in [2.75, 3.05) is 44.7 Å². The van der Waals surface area contributed by atoms with Gasteiger partial charge in [-0.3, -0.25) is 4.79 Å². The van der Waals surface area contributed by atoms with Gasteiger partial charge in [-0.05, 0) is 26.5 Å². The smallest absolute Gasteiger partial charge is 0.270 e. The van der Waals surface area contributed by atoms with Crippen molar-refractivity contribution in [3.8, 4) is 0 Å². The molecule has 0 unspecified atom stereocenters. The van der Waals surface area contributed by atoms with Crippen LogP contribution in [0.25, 0.3) is 0 Å². The second kappa shape index (κ2) is 7.36. The Balaban J connectivity index is 2.08. The molecule has 1 saturated heterocycles. The van der Waals surface area contributed by atoms with Gasteiger partial charge in [0.2, 0.25) is 5.95 Å². The molecule has 1 N–H and O–H groups in total. The maximum Gasteiger partial charge on any atom is 0.270 e. The monoisotopic (exact) mass is 291 g/mol. The van der Waals surface area contributed by atoms with E-state index in [4.69, 9.17) is 0 Å². The molecule has 2 heterocycles. The number of nitrogens with zero attached hydrogens (tertiary/aromatic N) is 4. The minimum Gasteiger partial charge on any atom is -0.351 e. The number of piperazine rings is 1. The molecule has 1 aliphatic rings. The van der Waals surface area contributed by atoms with E-state index in [0.717, 1.165) is 44.7 Å². The molecule has 1 aromatic rings. The van der Waals surface area contributed by atoms with Crippen LogP contribution in [-0.2, 0) is 0 Å². The van der Waals surface area contributed by atoms with Gasteiger partial charge in [0.15, 0.2) is 0 Å². The number of unbranched alkanes of at least 4 members (excludes halogenated alkanes) is 1. The average molecular weight is 291 g/mol. The molecule has 1 aromatic heterocycles. The van der Waals surface area contributed by atoms with Gasteiger partial charge in [0.05, 0.1) is 0 Å². The average Bonchev–Trinajstić information content (AvgIpc) is 2.47. The highest BCUT2D eigenvalue weighted by molar-refractivity contribution is 5.92. The van der Waals surface area contributed by atoms with Gasteiger partial charge in [0.1, 0.15) is 5.69 Å². The van der Waals surface area contributed by atoms with E-state index in [-0.39, 0.29) is 5.91 Å². The maximum atomic E-state index is 12.1. The number of carbonyl (C=O) groups excluding carboxylic acids is 1. The fourth-order valence-corrected chi connectivity index (χ4v) is 2.29. The summed E-state index contributed by atoms with van der Waals surface area (Å²) in [5, 5.41) is 2.91. The lowest BCUT2D eigenvalue weighted by Gasteiger charge is -2.32. The van der Waals surface area contributed by atoms with Crippen LogP contribution in [0, 0.1) is 6.92 Å². The van der Waals surface area contributed by atoms with Crippen molar-refractivity contribution in [3.05, 3.63) is 17.5 Å². The summed E-state index contributed by atoms with van der Waals surface area (Å²) in [6, 6.07) is 1.75. The molecular formula is C15H25N5O. The van der Waals surface area contributed by atoms with Crippen LogP contribution in [0.3, 0.4) is 0 Å². The summed E-state index contributed by atoms with van der Waals surface area (Å²) >= 11 is 0. The molecule has 116 valence electrons. The van der Waals surface area contributed by atoms with Crippen molar-refractivity contribution in [2.45, 2.75) is 26.7 Å². The Morgan fingerprint density at radius 1 is 1.29 bits per heavy atom. The van der Waals surface area contributed by atoms with E-state index in [0.29, 0.717) is 18.2 Å². The van der Waals surface area contributed by atoms with Crippen LogP contribution in [0.4, 0.5) is 5.95 Å². The third kappa shape index (κ3) is 4.39. The van der Waals surface area contributed by atoms with E-state index < -0.39 is 0 Å². The number of aryl methyl sites for hydroxylation is 1. The Hall–Kier alpha value is -1.69. The minimum absolute atomic E-state index is 0.107. The molecule has 0 aliphatic carbocycles. The molecule has 2 rings (SSSR count). The second-order valence-corrected chi connectivity index (χ2v) is 5.59. The van der Waals surface area contributed by atoms with Crippen LogP contribution in [0.5, 0.6) is 0 Å². The molecule has 0 aromatic carbocycles. The molecule has 0 atom stereocenters. The molecule has 0 radical (unpaired) electrons.